The van der Waals surface area contributed by atoms with Crippen LogP contribution >= 0.6 is 0 Å². The maximum absolute atomic E-state index is 13.4. The number of hydrogen-bond donors (Lipinski definition) is 2. The van der Waals surface area contributed by atoms with Crippen molar-refractivity contribution in [1.82, 2.24) is 15.5 Å². The molecule has 0 amide bonds. The van der Waals surface area contributed by atoms with Crippen molar-refractivity contribution in [3.8, 4) is 34.0 Å². The minimum Gasteiger partial charge on any atom is -0.477 e. The standard InChI is InChI=1S/C27H23F2N3O3/c1-15-14-20(12-13-21(15)22-6-4-5-7-23(22)24(28)29)26-31-25(32-35-26)19-10-8-18(9-11-19)16(2)30-17(3)27(33)34/h4-14,16,24,30H,3H2,1-2H3,(H,33,34)/t16-/m1/s1. The van der Waals surface area contributed by atoms with Gasteiger partial charge in [-0.2, -0.15) is 4.98 Å². The van der Waals surface area contributed by atoms with E-state index in [9.17, 15) is 13.6 Å². The third-order valence-corrected chi connectivity index (χ3v) is 5.70. The van der Waals surface area contributed by atoms with Crippen molar-refractivity contribution >= 4 is 5.97 Å². The molecule has 0 aliphatic heterocycles. The Morgan fingerprint density at radius 1 is 1.03 bits per heavy atom. The first-order chi connectivity index (χ1) is 16.7. The fourth-order valence-corrected chi connectivity index (χ4v) is 3.82. The molecule has 6 nitrogen and oxygen atoms in total. The summed E-state index contributed by atoms with van der Waals surface area (Å²) in [5.74, 6) is -0.394. The van der Waals surface area contributed by atoms with Crippen LogP contribution in [-0.4, -0.2) is 21.2 Å². The Balaban J connectivity index is 1.55. The summed E-state index contributed by atoms with van der Waals surface area (Å²) in [5, 5.41) is 15.9. The zero-order valence-corrected chi connectivity index (χ0v) is 19.1. The van der Waals surface area contributed by atoms with E-state index in [1.54, 1.807) is 30.3 Å². The van der Waals surface area contributed by atoms with Crippen molar-refractivity contribution < 1.29 is 23.2 Å². The topological polar surface area (TPSA) is 88.3 Å². The lowest BCUT2D eigenvalue weighted by Gasteiger charge is -2.15. The number of benzene rings is 3. The number of nitrogens with zero attached hydrogens (tertiary/aromatic N) is 2. The number of nitrogens with one attached hydrogen (secondary N) is 1. The normalized spacial score (nSPS) is 11.9. The van der Waals surface area contributed by atoms with Crippen LogP contribution in [0.3, 0.4) is 0 Å². The van der Waals surface area contributed by atoms with Gasteiger partial charge in [0, 0.05) is 22.7 Å². The van der Waals surface area contributed by atoms with E-state index in [0.717, 1.165) is 16.7 Å². The van der Waals surface area contributed by atoms with E-state index < -0.39 is 12.4 Å². The summed E-state index contributed by atoms with van der Waals surface area (Å²) in [6.07, 6.45) is -2.56. The molecule has 3 aromatic carbocycles. The molecule has 0 aliphatic rings. The lowest BCUT2D eigenvalue weighted by molar-refractivity contribution is -0.133. The van der Waals surface area contributed by atoms with Crippen molar-refractivity contribution in [2.75, 3.05) is 0 Å². The fourth-order valence-electron chi connectivity index (χ4n) is 3.82. The number of aryl methyl sites for hydroxylation is 1. The summed E-state index contributed by atoms with van der Waals surface area (Å²) in [4.78, 5) is 15.4. The Hall–Kier alpha value is -4.33. The molecule has 8 heteroatoms. The minimum atomic E-state index is -2.56. The molecule has 1 heterocycles. The van der Waals surface area contributed by atoms with Gasteiger partial charge in [-0.25, -0.2) is 13.6 Å². The van der Waals surface area contributed by atoms with E-state index in [4.69, 9.17) is 9.63 Å². The summed E-state index contributed by atoms with van der Waals surface area (Å²) in [6.45, 7) is 7.17. The number of aliphatic carboxylic acids is 1. The third kappa shape index (κ3) is 5.11. The van der Waals surface area contributed by atoms with Gasteiger partial charge in [0.1, 0.15) is 5.70 Å². The Morgan fingerprint density at radius 2 is 1.71 bits per heavy atom. The molecule has 178 valence electrons. The second kappa shape index (κ2) is 9.89. The summed E-state index contributed by atoms with van der Waals surface area (Å²) in [7, 11) is 0. The van der Waals surface area contributed by atoms with Gasteiger partial charge in [0.2, 0.25) is 5.82 Å². The summed E-state index contributed by atoms with van der Waals surface area (Å²) < 4.78 is 32.3. The van der Waals surface area contributed by atoms with Crippen LogP contribution in [0.1, 0.15) is 36.1 Å². The van der Waals surface area contributed by atoms with Crippen LogP contribution in [0.4, 0.5) is 8.78 Å². The van der Waals surface area contributed by atoms with Gasteiger partial charge < -0.3 is 14.9 Å². The lowest BCUT2D eigenvalue weighted by Crippen LogP contribution is -2.22. The van der Waals surface area contributed by atoms with Crippen LogP contribution in [-0.2, 0) is 4.79 Å². The Morgan fingerprint density at radius 3 is 2.37 bits per heavy atom. The first-order valence-electron chi connectivity index (χ1n) is 10.9. The average molecular weight is 475 g/mol. The Kier molecular flexibility index (Phi) is 6.73. The number of aromatic nitrogens is 2. The SMILES string of the molecule is C=C(N[C@H](C)c1ccc(-c2noc(-c3ccc(-c4ccccc4C(F)F)c(C)c3)n2)cc1)C(=O)O. The number of carboxylic acid groups (broad SMARTS) is 1. The Bertz CT molecular complexity index is 1380. The summed E-state index contributed by atoms with van der Waals surface area (Å²) in [5.41, 5.74) is 4.21. The van der Waals surface area contributed by atoms with Crippen molar-refractivity contribution in [2.45, 2.75) is 26.3 Å². The number of hydrogen-bond acceptors (Lipinski definition) is 5. The van der Waals surface area contributed by atoms with Gasteiger partial charge in [0.15, 0.2) is 0 Å². The predicted molar refractivity (Wildman–Crippen MR) is 129 cm³/mol. The largest absolute Gasteiger partial charge is 0.477 e. The molecular formula is C27H23F2N3O3. The second-order valence-electron chi connectivity index (χ2n) is 8.11. The first kappa shape index (κ1) is 23.8. The highest BCUT2D eigenvalue weighted by Gasteiger charge is 2.17. The van der Waals surface area contributed by atoms with E-state index in [2.05, 4.69) is 22.0 Å². The molecule has 35 heavy (non-hydrogen) atoms. The number of rotatable bonds is 8. The minimum absolute atomic E-state index is 0.0105. The molecule has 1 aromatic heterocycles. The van der Waals surface area contributed by atoms with Crippen molar-refractivity contribution in [3.63, 3.8) is 0 Å². The van der Waals surface area contributed by atoms with Crippen LogP contribution in [0.15, 0.2) is 83.5 Å². The number of halogens is 2. The molecule has 2 N–H and O–H groups in total. The molecule has 0 radical (unpaired) electrons. The van der Waals surface area contributed by atoms with Crippen molar-refractivity contribution in [3.05, 3.63) is 95.7 Å². The highest BCUT2D eigenvalue weighted by molar-refractivity contribution is 5.85. The fraction of sp³-hybridized carbons (Fsp3) is 0.148. The third-order valence-electron chi connectivity index (χ3n) is 5.70. The van der Waals surface area contributed by atoms with Crippen LogP contribution < -0.4 is 5.32 Å². The van der Waals surface area contributed by atoms with Crippen LogP contribution in [0.2, 0.25) is 0 Å². The van der Waals surface area contributed by atoms with Crippen molar-refractivity contribution in [1.29, 1.82) is 0 Å². The van der Waals surface area contributed by atoms with E-state index >= 15 is 0 Å². The maximum atomic E-state index is 13.4. The zero-order valence-electron chi connectivity index (χ0n) is 19.1. The molecule has 0 spiro atoms. The van der Waals surface area contributed by atoms with Gasteiger partial charge in [-0.05, 0) is 48.2 Å². The highest BCUT2D eigenvalue weighted by Crippen LogP contribution is 2.34. The molecular weight excluding hydrogens is 452 g/mol. The van der Waals surface area contributed by atoms with Gasteiger partial charge in [0.05, 0.1) is 0 Å². The number of carboxylic acids is 1. The molecule has 0 saturated heterocycles. The molecule has 0 bridgehead atoms. The van der Waals surface area contributed by atoms with Gasteiger partial charge >= 0.3 is 5.97 Å². The number of carbonyl (C=O) groups is 1. The van der Waals surface area contributed by atoms with E-state index in [0.29, 0.717) is 28.4 Å². The van der Waals surface area contributed by atoms with Crippen LogP contribution in [0, 0.1) is 6.92 Å². The van der Waals surface area contributed by atoms with Gasteiger partial charge in [-0.1, -0.05) is 66.3 Å². The van der Waals surface area contributed by atoms with E-state index in [1.165, 1.54) is 6.07 Å². The molecule has 4 rings (SSSR count). The summed E-state index contributed by atoms with van der Waals surface area (Å²) >= 11 is 0. The van der Waals surface area contributed by atoms with Crippen LogP contribution in [0.25, 0.3) is 34.0 Å². The van der Waals surface area contributed by atoms with E-state index in [1.807, 2.05) is 44.2 Å². The summed E-state index contributed by atoms with van der Waals surface area (Å²) in [6, 6.07) is 18.9. The second-order valence-corrected chi connectivity index (χ2v) is 8.11. The molecule has 1 atom stereocenters. The number of alkyl halides is 2. The smallest absolute Gasteiger partial charge is 0.351 e. The molecule has 0 fully saturated rings. The van der Waals surface area contributed by atoms with E-state index in [-0.39, 0.29) is 17.3 Å². The monoisotopic (exact) mass is 475 g/mol. The zero-order chi connectivity index (χ0) is 25.1. The average Bonchev–Trinajstić information content (AvgIpc) is 3.34. The molecule has 4 aromatic rings. The Labute approximate surface area is 200 Å². The molecule has 0 aliphatic carbocycles. The van der Waals surface area contributed by atoms with Gasteiger partial charge in [-0.3, -0.25) is 0 Å². The first-order valence-corrected chi connectivity index (χ1v) is 10.9. The van der Waals surface area contributed by atoms with Gasteiger partial charge in [0.25, 0.3) is 12.3 Å². The molecule has 0 unspecified atom stereocenters. The quantitative estimate of drug-likeness (QED) is 0.280. The van der Waals surface area contributed by atoms with Crippen molar-refractivity contribution in [2.24, 2.45) is 0 Å². The highest BCUT2D eigenvalue weighted by atomic mass is 19.3. The maximum Gasteiger partial charge on any atom is 0.351 e. The predicted octanol–water partition coefficient (Wildman–Crippen LogP) is 6.57. The van der Waals surface area contributed by atoms with Crippen LogP contribution in [0.5, 0.6) is 0 Å². The molecule has 0 saturated carbocycles. The lowest BCUT2D eigenvalue weighted by atomic mass is 9.94. The van der Waals surface area contributed by atoms with Gasteiger partial charge in [-0.15, -0.1) is 0 Å².